The molecule has 0 aliphatic rings. The van der Waals surface area contributed by atoms with E-state index in [-0.39, 0.29) is 11.6 Å². The zero-order valence-corrected chi connectivity index (χ0v) is 16.0. The molecule has 0 radical (unpaired) electrons. The summed E-state index contributed by atoms with van der Waals surface area (Å²) in [6.45, 7) is 2.46. The third-order valence-electron chi connectivity index (χ3n) is 4.83. The average molecular weight is 390 g/mol. The number of halogens is 2. The Bertz CT molecular complexity index is 1130. The van der Waals surface area contributed by atoms with Crippen molar-refractivity contribution in [2.24, 2.45) is 0 Å². The summed E-state index contributed by atoms with van der Waals surface area (Å²) in [6, 6.07) is 15.5. The molecular weight excluding hydrogens is 370 g/mol. The lowest BCUT2D eigenvalue weighted by Gasteiger charge is -2.09. The number of hydrogen-bond acceptors (Lipinski definition) is 3. The van der Waals surface area contributed by atoms with Gasteiger partial charge in [-0.2, -0.15) is 0 Å². The monoisotopic (exact) mass is 390 g/mol. The van der Waals surface area contributed by atoms with Crippen LogP contribution in [0.2, 0.25) is 0 Å². The molecule has 0 saturated heterocycles. The summed E-state index contributed by atoms with van der Waals surface area (Å²) >= 11 is 0. The number of nitrogens with zero attached hydrogens (tertiary/aromatic N) is 2. The topological polar surface area (TPSA) is 35.0 Å². The first kappa shape index (κ1) is 19.0. The molecule has 1 heterocycles. The van der Waals surface area contributed by atoms with Gasteiger partial charge in [0.2, 0.25) is 0 Å². The van der Waals surface area contributed by atoms with E-state index in [4.69, 9.17) is 4.74 Å². The number of ether oxygens (including phenoxy) is 1. The Labute approximate surface area is 168 Å². The second-order valence-electron chi connectivity index (χ2n) is 6.78. The number of aromatic nitrogens is 2. The third-order valence-corrected chi connectivity index (χ3v) is 4.83. The second-order valence-corrected chi connectivity index (χ2v) is 6.78. The van der Waals surface area contributed by atoms with Gasteiger partial charge >= 0.3 is 0 Å². The van der Waals surface area contributed by atoms with Crippen LogP contribution in [0.3, 0.4) is 0 Å². The molecule has 0 aliphatic heterocycles. The fourth-order valence-electron chi connectivity index (χ4n) is 3.31. The first-order valence-electron chi connectivity index (χ1n) is 9.55. The maximum absolute atomic E-state index is 15.0. The molecule has 0 spiro atoms. The highest BCUT2D eigenvalue weighted by Crippen LogP contribution is 2.27. The van der Waals surface area contributed by atoms with Gasteiger partial charge in [0.25, 0.3) is 0 Å². The quantitative estimate of drug-likeness (QED) is 0.420. The van der Waals surface area contributed by atoms with Crippen molar-refractivity contribution in [2.75, 3.05) is 6.61 Å². The van der Waals surface area contributed by atoms with Gasteiger partial charge in [-0.1, -0.05) is 36.4 Å². The molecule has 3 nitrogen and oxygen atoms in total. The highest BCUT2D eigenvalue weighted by molar-refractivity contribution is 5.87. The van der Waals surface area contributed by atoms with Crippen molar-refractivity contribution < 1.29 is 13.5 Å². The van der Waals surface area contributed by atoms with E-state index in [1.165, 1.54) is 12.1 Å². The van der Waals surface area contributed by atoms with Crippen molar-refractivity contribution in [1.29, 1.82) is 0 Å². The standard InChI is InChI=1S/C24H20F2N2O/c1-2-29-21-14-27-24(28-15-21)19-9-12-22-18(13-19)8-7-17(23(22)26)6-3-16-4-10-20(25)11-5-16/h4-5,7-15H,2-3,6H2,1H3. The van der Waals surface area contributed by atoms with Gasteiger partial charge in [0, 0.05) is 10.9 Å². The molecule has 0 unspecified atom stereocenters. The molecule has 146 valence electrons. The van der Waals surface area contributed by atoms with Gasteiger partial charge in [0.05, 0.1) is 19.0 Å². The van der Waals surface area contributed by atoms with Gasteiger partial charge in [-0.3, -0.25) is 0 Å². The van der Waals surface area contributed by atoms with Crippen molar-refractivity contribution in [3.63, 3.8) is 0 Å². The Morgan fingerprint density at radius 3 is 2.34 bits per heavy atom. The molecule has 29 heavy (non-hydrogen) atoms. The van der Waals surface area contributed by atoms with E-state index in [1.807, 2.05) is 31.2 Å². The molecule has 0 amide bonds. The van der Waals surface area contributed by atoms with Crippen LogP contribution in [-0.4, -0.2) is 16.6 Å². The lowest BCUT2D eigenvalue weighted by atomic mass is 9.99. The van der Waals surface area contributed by atoms with Crippen LogP contribution < -0.4 is 4.74 Å². The van der Waals surface area contributed by atoms with Crippen molar-refractivity contribution in [3.8, 4) is 17.1 Å². The number of hydrogen-bond donors (Lipinski definition) is 0. The van der Waals surface area contributed by atoms with Crippen LogP contribution >= 0.6 is 0 Å². The van der Waals surface area contributed by atoms with Crippen molar-refractivity contribution in [3.05, 3.63) is 89.8 Å². The summed E-state index contributed by atoms with van der Waals surface area (Å²) in [5, 5.41) is 1.36. The number of rotatable bonds is 6. The fourth-order valence-corrected chi connectivity index (χ4v) is 3.31. The highest BCUT2D eigenvalue weighted by Gasteiger charge is 2.10. The first-order valence-corrected chi connectivity index (χ1v) is 9.55. The van der Waals surface area contributed by atoms with Crippen molar-refractivity contribution >= 4 is 10.8 Å². The summed E-state index contributed by atoms with van der Waals surface area (Å²) in [5.74, 6) is 0.701. The molecule has 0 fully saturated rings. The van der Waals surface area contributed by atoms with Crippen LogP contribution in [0.5, 0.6) is 5.75 Å². The minimum Gasteiger partial charge on any atom is -0.491 e. The summed E-state index contributed by atoms with van der Waals surface area (Å²) < 4.78 is 33.4. The van der Waals surface area contributed by atoms with Gasteiger partial charge in [-0.05, 0) is 54.5 Å². The molecule has 0 aliphatic carbocycles. The first-order chi connectivity index (χ1) is 14.1. The van der Waals surface area contributed by atoms with Gasteiger partial charge in [-0.15, -0.1) is 0 Å². The van der Waals surface area contributed by atoms with Crippen LogP contribution in [0, 0.1) is 11.6 Å². The Hall–Kier alpha value is -3.34. The molecule has 4 rings (SSSR count). The second kappa shape index (κ2) is 8.35. The Kier molecular flexibility index (Phi) is 5.47. The van der Waals surface area contributed by atoms with Gasteiger partial charge in [0.1, 0.15) is 11.6 Å². The number of benzene rings is 3. The fraction of sp³-hybridized carbons (Fsp3) is 0.167. The van der Waals surface area contributed by atoms with E-state index in [2.05, 4.69) is 9.97 Å². The van der Waals surface area contributed by atoms with Crippen LogP contribution in [0.25, 0.3) is 22.2 Å². The van der Waals surface area contributed by atoms with Crippen molar-refractivity contribution in [2.45, 2.75) is 19.8 Å². The molecule has 4 aromatic rings. The Balaban J connectivity index is 1.57. The van der Waals surface area contributed by atoms with E-state index in [0.29, 0.717) is 42.0 Å². The van der Waals surface area contributed by atoms with Crippen molar-refractivity contribution in [1.82, 2.24) is 9.97 Å². The van der Waals surface area contributed by atoms with E-state index in [9.17, 15) is 4.39 Å². The maximum Gasteiger partial charge on any atom is 0.159 e. The maximum atomic E-state index is 15.0. The largest absolute Gasteiger partial charge is 0.491 e. The number of fused-ring (bicyclic) bond motifs is 1. The normalized spacial score (nSPS) is 11.0. The van der Waals surface area contributed by atoms with E-state index in [1.54, 1.807) is 30.6 Å². The minimum atomic E-state index is -0.266. The molecule has 3 aromatic carbocycles. The predicted octanol–water partition coefficient (Wildman–Crippen LogP) is 5.76. The van der Waals surface area contributed by atoms with Crippen LogP contribution in [0.4, 0.5) is 8.78 Å². The SMILES string of the molecule is CCOc1cnc(-c2ccc3c(F)c(CCc4ccc(F)cc4)ccc3c2)nc1. The summed E-state index contributed by atoms with van der Waals surface area (Å²) in [6.07, 6.45) is 4.47. The lowest BCUT2D eigenvalue weighted by Crippen LogP contribution is -1.97. The molecule has 1 aromatic heterocycles. The highest BCUT2D eigenvalue weighted by atomic mass is 19.1. The zero-order chi connectivity index (χ0) is 20.2. The Morgan fingerprint density at radius 2 is 1.62 bits per heavy atom. The molecule has 0 atom stereocenters. The van der Waals surface area contributed by atoms with Crippen LogP contribution in [0.15, 0.2) is 67.0 Å². The molecule has 0 N–H and O–H groups in total. The lowest BCUT2D eigenvalue weighted by molar-refractivity contribution is 0.337. The Morgan fingerprint density at radius 1 is 0.862 bits per heavy atom. The third kappa shape index (κ3) is 4.24. The van der Waals surface area contributed by atoms with E-state index in [0.717, 1.165) is 16.5 Å². The van der Waals surface area contributed by atoms with Gasteiger partial charge in [0.15, 0.2) is 11.6 Å². The summed E-state index contributed by atoms with van der Waals surface area (Å²) in [4.78, 5) is 8.65. The molecule has 0 bridgehead atoms. The molecule has 5 heteroatoms. The van der Waals surface area contributed by atoms with Gasteiger partial charge in [-0.25, -0.2) is 18.7 Å². The number of aryl methyl sites for hydroxylation is 2. The van der Waals surface area contributed by atoms with Crippen LogP contribution in [0.1, 0.15) is 18.1 Å². The van der Waals surface area contributed by atoms with E-state index >= 15 is 4.39 Å². The smallest absolute Gasteiger partial charge is 0.159 e. The summed E-state index contributed by atoms with van der Waals surface area (Å²) in [5.41, 5.74) is 2.44. The minimum absolute atomic E-state index is 0.219. The van der Waals surface area contributed by atoms with Gasteiger partial charge < -0.3 is 4.74 Å². The molecule has 0 saturated carbocycles. The zero-order valence-electron chi connectivity index (χ0n) is 16.0. The molecular formula is C24H20F2N2O. The predicted molar refractivity (Wildman–Crippen MR) is 110 cm³/mol. The average Bonchev–Trinajstić information content (AvgIpc) is 2.75. The summed E-state index contributed by atoms with van der Waals surface area (Å²) in [7, 11) is 0. The van der Waals surface area contributed by atoms with E-state index < -0.39 is 0 Å². The van der Waals surface area contributed by atoms with Crippen LogP contribution in [-0.2, 0) is 12.8 Å².